The summed E-state index contributed by atoms with van der Waals surface area (Å²) in [4.78, 5) is 0. The Morgan fingerprint density at radius 3 is 2.12 bits per heavy atom. The molecule has 0 atom stereocenters. The second kappa shape index (κ2) is 8.35. The normalized spacial score (nSPS) is 21.9. The van der Waals surface area contributed by atoms with Crippen LogP contribution >= 0.6 is 0 Å². The number of hydrogen-bond acceptors (Lipinski definition) is 0. The van der Waals surface area contributed by atoms with Gasteiger partial charge < -0.3 is 0 Å². The van der Waals surface area contributed by atoms with E-state index in [0.717, 1.165) is 31.4 Å². The molecule has 136 valence electrons. The smallest absolute Gasteiger partial charge is 0.207 e. The lowest BCUT2D eigenvalue weighted by Gasteiger charge is -2.34. The van der Waals surface area contributed by atoms with Crippen molar-refractivity contribution in [1.29, 1.82) is 0 Å². The standard InChI is InChI=1S/C20H28F4/c1-3-4-5-6-15-7-9-17(10-8-15)20(23,24)13-16-11-18(21)14(2)19(22)12-16/h11-12,15,17H,3-10,13H2,1-2H3. The Balaban J connectivity index is 1.92. The van der Waals surface area contributed by atoms with Gasteiger partial charge in [-0.1, -0.05) is 32.6 Å². The van der Waals surface area contributed by atoms with E-state index >= 15 is 0 Å². The summed E-state index contributed by atoms with van der Waals surface area (Å²) >= 11 is 0. The minimum Gasteiger partial charge on any atom is -0.207 e. The first kappa shape index (κ1) is 19.3. The molecule has 2 rings (SSSR count). The van der Waals surface area contributed by atoms with Gasteiger partial charge in [-0.25, -0.2) is 17.6 Å². The number of hydrogen-bond donors (Lipinski definition) is 0. The van der Waals surface area contributed by atoms with Gasteiger partial charge in [0.1, 0.15) is 11.6 Å². The molecule has 0 N–H and O–H groups in total. The predicted molar refractivity (Wildman–Crippen MR) is 89.3 cm³/mol. The summed E-state index contributed by atoms with van der Waals surface area (Å²) in [6.07, 6.45) is 6.86. The molecule has 0 amide bonds. The van der Waals surface area contributed by atoms with Crippen LogP contribution in [0.25, 0.3) is 0 Å². The SMILES string of the molecule is CCCCCC1CCC(C(F)(F)Cc2cc(F)c(C)c(F)c2)CC1. The first-order chi connectivity index (χ1) is 11.3. The van der Waals surface area contributed by atoms with Crippen LogP contribution in [0.1, 0.15) is 69.4 Å². The quantitative estimate of drug-likeness (QED) is 0.375. The van der Waals surface area contributed by atoms with Crippen molar-refractivity contribution in [3.05, 3.63) is 34.9 Å². The summed E-state index contributed by atoms with van der Waals surface area (Å²) in [5, 5.41) is 0. The van der Waals surface area contributed by atoms with Gasteiger partial charge in [-0.2, -0.15) is 0 Å². The number of rotatable bonds is 7. The van der Waals surface area contributed by atoms with Crippen LogP contribution in [0, 0.1) is 30.4 Å². The van der Waals surface area contributed by atoms with E-state index in [1.54, 1.807) is 0 Å². The van der Waals surface area contributed by atoms with Crippen LogP contribution < -0.4 is 0 Å². The molecule has 0 aromatic heterocycles. The Morgan fingerprint density at radius 1 is 1.00 bits per heavy atom. The average molecular weight is 344 g/mol. The summed E-state index contributed by atoms with van der Waals surface area (Å²) in [6, 6.07) is 2.09. The Labute approximate surface area is 142 Å². The molecular weight excluding hydrogens is 316 g/mol. The molecule has 0 spiro atoms. The molecule has 0 unspecified atom stereocenters. The fraction of sp³-hybridized carbons (Fsp3) is 0.700. The molecule has 0 saturated heterocycles. The van der Waals surface area contributed by atoms with Crippen molar-refractivity contribution in [1.82, 2.24) is 0 Å². The molecule has 24 heavy (non-hydrogen) atoms. The highest BCUT2D eigenvalue weighted by atomic mass is 19.3. The number of halogens is 4. The van der Waals surface area contributed by atoms with Crippen molar-refractivity contribution >= 4 is 0 Å². The maximum absolute atomic E-state index is 14.5. The predicted octanol–water partition coefficient (Wildman–Crippen LogP) is 6.84. The monoisotopic (exact) mass is 344 g/mol. The van der Waals surface area contributed by atoms with E-state index in [4.69, 9.17) is 0 Å². The van der Waals surface area contributed by atoms with Crippen LogP contribution in [0.5, 0.6) is 0 Å². The minimum absolute atomic E-state index is 0.0469. The third-order valence-electron chi connectivity index (χ3n) is 5.44. The van der Waals surface area contributed by atoms with Crippen molar-refractivity contribution in [2.45, 2.75) is 77.6 Å². The third kappa shape index (κ3) is 4.97. The molecule has 1 aromatic rings. The minimum atomic E-state index is -2.90. The lowest BCUT2D eigenvalue weighted by atomic mass is 9.76. The van der Waals surface area contributed by atoms with E-state index in [9.17, 15) is 17.6 Å². The van der Waals surface area contributed by atoms with E-state index in [-0.39, 0.29) is 11.1 Å². The highest BCUT2D eigenvalue weighted by Crippen LogP contribution is 2.42. The summed E-state index contributed by atoms with van der Waals surface area (Å²) in [5.74, 6) is -4.51. The average Bonchev–Trinajstić information content (AvgIpc) is 2.53. The second-order valence-electron chi connectivity index (χ2n) is 7.34. The molecule has 4 heteroatoms. The Bertz CT molecular complexity index is 507. The molecule has 0 bridgehead atoms. The zero-order valence-corrected chi connectivity index (χ0v) is 14.7. The molecule has 1 aromatic carbocycles. The molecule has 0 radical (unpaired) electrons. The molecular formula is C20H28F4. The molecule has 1 aliphatic rings. The number of alkyl halides is 2. The van der Waals surface area contributed by atoms with Crippen molar-refractivity contribution in [2.24, 2.45) is 11.8 Å². The molecule has 0 heterocycles. The number of unbranched alkanes of at least 4 members (excludes halogenated alkanes) is 2. The summed E-state index contributed by atoms with van der Waals surface area (Å²) in [7, 11) is 0. The fourth-order valence-corrected chi connectivity index (χ4v) is 3.77. The number of benzene rings is 1. The molecule has 1 fully saturated rings. The first-order valence-corrected chi connectivity index (χ1v) is 9.15. The van der Waals surface area contributed by atoms with Crippen LogP contribution in [0.2, 0.25) is 0 Å². The summed E-state index contributed by atoms with van der Waals surface area (Å²) < 4.78 is 56.2. The van der Waals surface area contributed by atoms with Crippen LogP contribution in [-0.2, 0) is 6.42 Å². The zero-order chi connectivity index (χ0) is 17.7. The fourth-order valence-electron chi connectivity index (χ4n) is 3.77. The van der Waals surface area contributed by atoms with Crippen LogP contribution in [0.3, 0.4) is 0 Å². The van der Waals surface area contributed by atoms with Gasteiger partial charge in [0.15, 0.2) is 0 Å². The van der Waals surface area contributed by atoms with E-state index in [0.29, 0.717) is 18.8 Å². The first-order valence-electron chi connectivity index (χ1n) is 9.15. The van der Waals surface area contributed by atoms with E-state index in [2.05, 4.69) is 6.92 Å². The van der Waals surface area contributed by atoms with Crippen LogP contribution in [0.15, 0.2) is 12.1 Å². The second-order valence-corrected chi connectivity index (χ2v) is 7.34. The maximum Gasteiger partial charge on any atom is 0.254 e. The maximum atomic E-state index is 14.5. The lowest BCUT2D eigenvalue weighted by molar-refractivity contribution is -0.0746. The lowest BCUT2D eigenvalue weighted by Crippen LogP contribution is -2.34. The van der Waals surface area contributed by atoms with Gasteiger partial charge in [-0.3, -0.25) is 0 Å². The Kier molecular flexibility index (Phi) is 6.70. The van der Waals surface area contributed by atoms with Gasteiger partial charge in [0.25, 0.3) is 5.92 Å². The van der Waals surface area contributed by atoms with Gasteiger partial charge in [0.05, 0.1) is 0 Å². The van der Waals surface area contributed by atoms with E-state index in [1.165, 1.54) is 26.2 Å². The van der Waals surface area contributed by atoms with Gasteiger partial charge >= 0.3 is 0 Å². The molecule has 0 nitrogen and oxygen atoms in total. The van der Waals surface area contributed by atoms with Crippen LogP contribution in [0.4, 0.5) is 17.6 Å². The van der Waals surface area contributed by atoms with Gasteiger partial charge in [-0.05, 0) is 56.2 Å². The van der Waals surface area contributed by atoms with E-state index < -0.39 is 29.9 Å². The van der Waals surface area contributed by atoms with Crippen molar-refractivity contribution in [2.75, 3.05) is 0 Å². The summed E-state index contributed by atoms with van der Waals surface area (Å²) in [5.41, 5.74) is -0.0691. The zero-order valence-electron chi connectivity index (χ0n) is 14.7. The molecule has 1 saturated carbocycles. The van der Waals surface area contributed by atoms with Crippen LogP contribution in [-0.4, -0.2) is 5.92 Å². The third-order valence-corrected chi connectivity index (χ3v) is 5.44. The van der Waals surface area contributed by atoms with Crippen molar-refractivity contribution in [3.63, 3.8) is 0 Å². The Morgan fingerprint density at radius 2 is 1.58 bits per heavy atom. The summed E-state index contributed by atoms with van der Waals surface area (Å²) in [6.45, 7) is 3.47. The highest BCUT2D eigenvalue weighted by Gasteiger charge is 2.41. The molecule has 0 aliphatic heterocycles. The van der Waals surface area contributed by atoms with Crippen molar-refractivity contribution < 1.29 is 17.6 Å². The largest absolute Gasteiger partial charge is 0.254 e. The van der Waals surface area contributed by atoms with Gasteiger partial charge in [0.2, 0.25) is 0 Å². The topological polar surface area (TPSA) is 0 Å². The van der Waals surface area contributed by atoms with Crippen molar-refractivity contribution in [3.8, 4) is 0 Å². The highest BCUT2D eigenvalue weighted by molar-refractivity contribution is 5.26. The molecule has 1 aliphatic carbocycles. The van der Waals surface area contributed by atoms with Gasteiger partial charge in [0, 0.05) is 17.9 Å². The van der Waals surface area contributed by atoms with Gasteiger partial charge in [-0.15, -0.1) is 0 Å². The van der Waals surface area contributed by atoms with E-state index in [1.807, 2.05) is 0 Å². The Hall–Kier alpha value is -1.06.